The van der Waals surface area contributed by atoms with Crippen LogP contribution in [0.2, 0.25) is 5.02 Å². The highest BCUT2D eigenvalue weighted by molar-refractivity contribution is 9.10. The third-order valence-electron chi connectivity index (χ3n) is 1.44. The van der Waals surface area contributed by atoms with Gasteiger partial charge in [0, 0.05) is 9.50 Å². The van der Waals surface area contributed by atoms with E-state index in [4.69, 9.17) is 16.7 Å². The number of hydrogen-bond donors (Lipinski definition) is 1. The van der Waals surface area contributed by atoms with Crippen molar-refractivity contribution in [3.63, 3.8) is 0 Å². The number of hydrogen-bond acceptors (Lipinski definition) is 1. The molecule has 0 unspecified atom stereocenters. The van der Waals surface area contributed by atoms with E-state index in [0.717, 1.165) is 6.08 Å². The van der Waals surface area contributed by atoms with Crippen LogP contribution in [0.25, 0.3) is 6.08 Å². The first kappa shape index (κ1) is 11.2. The standard InChI is InChI=1S/C9H5BrClFO2/c10-7-2-1-6(11)3-5(7)4-8(12)9(13)14/h1-4H,(H,13,14). The Balaban J connectivity index is 3.13. The monoisotopic (exact) mass is 278 g/mol. The van der Waals surface area contributed by atoms with Crippen LogP contribution in [0.5, 0.6) is 0 Å². The van der Waals surface area contributed by atoms with Gasteiger partial charge in [0.1, 0.15) is 0 Å². The van der Waals surface area contributed by atoms with E-state index in [2.05, 4.69) is 15.9 Å². The van der Waals surface area contributed by atoms with E-state index >= 15 is 0 Å². The summed E-state index contributed by atoms with van der Waals surface area (Å²) in [6.07, 6.45) is 0.901. The van der Waals surface area contributed by atoms with Crippen molar-refractivity contribution < 1.29 is 14.3 Å². The first-order chi connectivity index (χ1) is 6.50. The molecule has 0 spiro atoms. The highest BCUT2D eigenvalue weighted by Gasteiger charge is 2.06. The Morgan fingerprint density at radius 1 is 1.57 bits per heavy atom. The summed E-state index contributed by atoms with van der Waals surface area (Å²) in [7, 11) is 0. The van der Waals surface area contributed by atoms with Crippen LogP contribution < -0.4 is 0 Å². The number of rotatable bonds is 2. The minimum atomic E-state index is -1.60. The average molecular weight is 279 g/mol. The molecular weight excluding hydrogens is 274 g/mol. The first-order valence-corrected chi connectivity index (χ1v) is 4.73. The molecule has 0 amide bonds. The van der Waals surface area contributed by atoms with Crippen LogP contribution in [-0.4, -0.2) is 11.1 Å². The lowest BCUT2D eigenvalue weighted by Gasteiger charge is -1.98. The van der Waals surface area contributed by atoms with Crippen LogP contribution >= 0.6 is 27.5 Å². The maximum atomic E-state index is 12.7. The maximum absolute atomic E-state index is 12.7. The van der Waals surface area contributed by atoms with Crippen molar-refractivity contribution in [2.24, 2.45) is 0 Å². The molecule has 0 radical (unpaired) electrons. The summed E-state index contributed by atoms with van der Waals surface area (Å²) < 4.78 is 13.3. The van der Waals surface area contributed by atoms with Crippen molar-refractivity contribution in [2.45, 2.75) is 0 Å². The Hall–Kier alpha value is -0.870. The molecule has 0 bridgehead atoms. The van der Waals surface area contributed by atoms with Crippen molar-refractivity contribution in [1.29, 1.82) is 0 Å². The molecular formula is C9H5BrClFO2. The van der Waals surface area contributed by atoms with Gasteiger partial charge >= 0.3 is 5.97 Å². The van der Waals surface area contributed by atoms with Gasteiger partial charge in [-0.3, -0.25) is 0 Å². The molecule has 0 saturated carbocycles. The molecule has 0 heterocycles. The second-order valence-electron chi connectivity index (χ2n) is 2.46. The summed E-state index contributed by atoms with van der Waals surface area (Å²) in [6.45, 7) is 0. The van der Waals surface area contributed by atoms with Gasteiger partial charge in [-0.25, -0.2) is 4.79 Å². The largest absolute Gasteiger partial charge is 0.476 e. The van der Waals surface area contributed by atoms with E-state index in [1.54, 1.807) is 12.1 Å². The van der Waals surface area contributed by atoms with Crippen molar-refractivity contribution in [3.05, 3.63) is 39.1 Å². The van der Waals surface area contributed by atoms with Crippen molar-refractivity contribution >= 4 is 39.6 Å². The number of carboxylic acid groups (broad SMARTS) is 1. The quantitative estimate of drug-likeness (QED) is 0.841. The lowest BCUT2D eigenvalue weighted by molar-refractivity contribution is -0.134. The van der Waals surface area contributed by atoms with Crippen molar-refractivity contribution in [1.82, 2.24) is 0 Å². The predicted octanol–water partition coefficient (Wildman–Crippen LogP) is 3.50. The molecule has 0 atom stereocenters. The second kappa shape index (κ2) is 4.57. The molecule has 0 fully saturated rings. The van der Waals surface area contributed by atoms with Crippen LogP contribution in [0.1, 0.15) is 5.56 Å². The maximum Gasteiger partial charge on any atom is 0.364 e. The minimum Gasteiger partial charge on any atom is -0.476 e. The number of benzene rings is 1. The number of carboxylic acids is 1. The molecule has 14 heavy (non-hydrogen) atoms. The predicted molar refractivity (Wildman–Crippen MR) is 55.9 cm³/mol. The van der Waals surface area contributed by atoms with Gasteiger partial charge in [0.2, 0.25) is 5.83 Å². The Morgan fingerprint density at radius 2 is 2.21 bits per heavy atom. The molecule has 0 aliphatic carbocycles. The van der Waals surface area contributed by atoms with Crippen molar-refractivity contribution in [3.8, 4) is 0 Å². The molecule has 1 rings (SSSR count). The zero-order valence-corrected chi connectivity index (χ0v) is 9.14. The van der Waals surface area contributed by atoms with Gasteiger partial charge in [0.05, 0.1) is 0 Å². The highest BCUT2D eigenvalue weighted by atomic mass is 79.9. The fourth-order valence-corrected chi connectivity index (χ4v) is 1.37. The molecule has 1 N–H and O–H groups in total. The van der Waals surface area contributed by atoms with E-state index in [1.165, 1.54) is 6.07 Å². The van der Waals surface area contributed by atoms with Crippen LogP contribution in [0.4, 0.5) is 4.39 Å². The topological polar surface area (TPSA) is 37.3 Å². The highest BCUT2D eigenvalue weighted by Crippen LogP contribution is 2.23. The molecule has 0 aliphatic heterocycles. The number of carbonyl (C=O) groups is 1. The second-order valence-corrected chi connectivity index (χ2v) is 3.75. The summed E-state index contributed by atoms with van der Waals surface area (Å²) in [5.41, 5.74) is 0.386. The third kappa shape index (κ3) is 2.82. The first-order valence-electron chi connectivity index (χ1n) is 3.56. The average Bonchev–Trinajstić information content (AvgIpc) is 2.11. The van der Waals surface area contributed by atoms with Crippen LogP contribution in [-0.2, 0) is 4.79 Å². The molecule has 74 valence electrons. The van der Waals surface area contributed by atoms with Crippen LogP contribution in [0.15, 0.2) is 28.5 Å². The molecule has 1 aromatic carbocycles. The fourth-order valence-electron chi connectivity index (χ4n) is 0.823. The molecule has 5 heteroatoms. The van der Waals surface area contributed by atoms with Gasteiger partial charge in [-0.05, 0) is 29.8 Å². The summed E-state index contributed by atoms with van der Waals surface area (Å²) in [5.74, 6) is -2.83. The SMILES string of the molecule is O=C(O)C(F)=Cc1cc(Cl)ccc1Br. The summed E-state index contributed by atoms with van der Waals surface area (Å²) in [4.78, 5) is 10.2. The molecule has 0 saturated heterocycles. The van der Waals surface area contributed by atoms with Gasteiger partial charge in [-0.15, -0.1) is 0 Å². The van der Waals surface area contributed by atoms with Gasteiger partial charge in [0.15, 0.2) is 0 Å². The Morgan fingerprint density at radius 3 is 2.79 bits per heavy atom. The Labute approximate surface area is 93.1 Å². The fraction of sp³-hybridized carbons (Fsp3) is 0. The zero-order valence-electron chi connectivity index (χ0n) is 6.80. The van der Waals surface area contributed by atoms with E-state index in [-0.39, 0.29) is 0 Å². The lowest BCUT2D eigenvalue weighted by atomic mass is 10.2. The van der Waals surface area contributed by atoms with Crippen LogP contribution in [0.3, 0.4) is 0 Å². The summed E-state index contributed by atoms with van der Waals surface area (Å²) in [6, 6.07) is 4.69. The summed E-state index contributed by atoms with van der Waals surface area (Å²) >= 11 is 8.81. The van der Waals surface area contributed by atoms with Gasteiger partial charge in [-0.1, -0.05) is 27.5 Å². The lowest BCUT2D eigenvalue weighted by Crippen LogP contribution is -1.94. The molecule has 2 nitrogen and oxygen atoms in total. The normalized spacial score (nSPS) is 11.5. The third-order valence-corrected chi connectivity index (χ3v) is 2.40. The number of aliphatic carboxylic acids is 1. The van der Waals surface area contributed by atoms with Gasteiger partial charge in [-0.2, -0.15) is 4.39 Å². The van der Waals surface area contributed by atoms with Gasteiger partial charge in [0.25, 0.3) is 0 Å². The van der Waals surface area contributed by atoms with Crippen LogP contribution in [0, 0.1) is 0 Å². The van der Waals surface area contributed by atoms with E-state index in [1.807, 2.05) is 0 Å². The van der Waals surface area contributed by atoms with E-state index < -0.39 is 11.8 Å². The minimum absolute atomic E-state index is 0.386. The van der Waals surface area contributed by atoms with E-state index in [9.17, 15) is 9.18 Å². The van der Waals surface area contributed by atoms with Gasteiger partial charge < -0.3 is 5.11 Å². The van der Waals surface area contributed by atoms with Crippen molar-refractivity contribution in [2.75, 3.05) is 0 Å². The van der Waals surface area contributed by atoms with E-state index in [0.29, 0.717) is 15.1 Å². The Bertz CT molecular complexity index is 404. The Kier molecular flexibility index (Phi) is 3.66. The smallest absolute Gasteiger partial charge is 0.364 e. The summed E-state index contributed by atoms with van der Waals surface area (Å²) in [5, 5.41) is 8.73. The molecule has 1 aromatic rings. The zero-order chi connectivity index (χ0) is 10.7. The molecule has 0 aromatic heterocycles. The number of halogens is 3. The molecule has 0 aliphatic rings.